The summed E-state index contributed by atoms with van der Waals surface area (Å²) in [6.07, 6.45) is 6.38. The zero-order valence-corrected chi connectivity index (χ0v) is 34.9. The first-order chi connectivity index (χ1) is 31.3. The van der Waals surface area contributed by atoms with Gasteiger partial charge in [-0.1, -0.05) is 218 Å². The molecular formula is C62H43N. The third-order valence-corrected chi connectivity index (χ3v) is 13.4. The molecule has 0 unspecified atom stereocenters. The Morgan fingerprint density at radius 1 is 0.365 bits per heavy atom. The molecule has 10 aromatic carbocycles. The van der Waals surface area contributed by atoms with Crippen LogP contribution in [0.2, 0.25) is 0 Å². The van der Waals surface area contributed by atoms with E-state index in [4.69, 9.17) is 4.99 Å². The number of benzene rings is 10. The van der Waals surface area contributed by atoms with E-state index in [2.05, 4.69) is 237 Å². The number of fused-ring (bicyclic) bond motifs is 9. The summed E-state index contributed by atoms with van der Waals surface area (Å²) in [7, 11) is 0. The first kappa shape index (κ1) is 36.9. The normalized spacial score (nSPS) is 14.3. The maximum Gasteiger partial charge on any atom is 0.0713 e. The SMILES string of the molecule is C1=C(c2ccccc2)C=C(c2ccccc2)N=C(c2ccc3c4ccccc4c4cccc(-c5ccc6c(c5)-c5ccccc5C6(c5ccccc5)c5ccccc5)c4c3c2)CC1. The van der Waals surface area contributed by atoms with Crippen LogP contribution in [0.15, 0.2) is 242 Å². The van der Waals surface area contributed by atoms with Crippen LogP contribution in [0.3, 0.4) is 0 Å². The number of rotatable bonds is 6. The Morgan fingerprint density at radius 2 is 0.921 bits per heavy atom. The van der Waals surface area contributed by atoms with E-state index in [1.165, 1.54) is 88.0 Å². The molecule has 0 fully saturated rings. The Kier molecular flexibility index (Phi) is 8.94. The highest BCUT2D eigenvalue weighted by atomic mass is 14.8. The molecule has 63 heavy (non-hydrogen) atoms. The standard InChI is InChI=1S/C62H43N/c1-5-19-42(20-6-1)44-23-17-34-59(63-60(41-44)43-21-7-2-8-22-43)46-35-37-52-50-28-13-14-29-51(50)54-32-18-31-49(61(54)56(52)40-46)45-36-38-58-55(39-45)53-30-15-16-33-57(53)62(58,47-24-9-3-10-25-47)48-26-11-4-12-27-48/h1-16,18-33,35-41H,17,34H2. The maximum absolute atomic E-state index is 5.54. The van der Waals surface area contributed by atoms with Crippen molar-refractivity contribution in [2.75, 3.05) is 0 Å². The van der Waals surface area contributed by atoms with Gasteiger partial charge in [0.05, 0.1) is 11.1 Å². The average molecular weight is 802 g/mol. The second-order valence-electron chi connectivity index (χ2n) is 16.8. The average Bonchev–Trinajstić information content (AvgIpc) is 3.65. The van der Waals surface area contributed by atoms with Crippen molar-refractivity contribution in [2.24, 2.45) is 4.99 Å². The summed E-state index contributed by atoms with van der Waals surface area (Å²) in [5.41, 5.74) is 16.5. The van der Waals surface area contributed by atoms with Crippen LogP contribution >= 0.6 is 0 Å². The fourth-order valence-electron chi connectivity index (χ4n) is 10.6. The molecule has 0 aromatic heterocycles. The van der Waals surface area contributed by atoms with Gasteiger partial charge in [-0.25, -0.2) is 0 Å². The van der Waals surface area contributed by atoms with E-state index in [1.807, 2.05) is 0 Å². The third kappa shape index (κ3) is 6.03. The quantitative estimate of drug-likeness (QED) is 0.149. The Labute approximate surface area is 368 Å². The first-order valence-corrected chi connectivity index (χ1v) is 22.1. The van der Waals surface area contributed by atoms with Gasteiger partial charge in [0.25, 0.3) is 0 Å². The Hall–Kier alpha value is -7.87. The largest absolute Gasteiger partial charge is 0.252 e. The molecule has 10 aromatic rings. The predicted molar refractivity (Wildman–Crippen MR) is 266 cm³/mol. The molecule has 1 nitrogen and oxygen atoms in total. The predicted octanol–water partition coefficient (Wildman–Crippen LogP) is 15.9. The van der Waals surface area contributed by atoms with Crippen molar-refractivity contribution < 1.29 is 0 Å². The molecule has 0 radical (unpaired) electrons. The lowest BCUT2D eigenvalue weighted by atomic mass is 9.67. The van der Waals surface area contributed by atoms with E-state index >= 15 is 0 Å². The monoisotopic (exact) mass is 801 g/mol. The van der Waals surface area contributed by atoms with E-state index in [-0.39, 0.29) is 0 Å². The van der Waals surface area contributed by atoms with Crippen molar-refractivity contribution in [1.29, 1.82) is 0 Å². The van der Waals surface area contributed by atoms with Gasteiger partial charge >= 0.3 is 0 Å². The van der Waals surface area contributed by atoms with Crippen molar-refractivity contribution in [2.45, 2.75) is 18.3 Å². The molecule has 0 N–H and O–H groups in total. The molecule has 1 aliphatic heterocycles. The van der Waals surface area contributed by atoms with Crippen molar-refractivity contribution >= 4 is 49.3 Å². The molecule has 2 aliphatic rings. The lowest BCUT2D eigenvalue weighted by molar-refractivity contribution is 0.768. The van der Waals surface area contributed by atoms with E-state index in [0.717, 1.165) is 35.4 Å². The number of nitrogens with zero attached hydrogens (tertiary/aromatic N) is 1. The highest BCUT2D eigenvalue weighted by molar-refractivity contribution is 6.29. The van der Waals surface area contributed by atoms with Crippen molar-refractivity contribution in [3.05, 3.63) is 276 Å². The minimum atomic E-state index is -0.439. The second kappa shape index (κ2) is 15.2. The number of aliphatic imine (C=N–C) groups is 1. The zero-order chi connectivity index (χ0) is 41.7. The number of allylic oxidation sites excluding steroid dienone is 3. The fourth-order valence-corrected chi connectivity index (χ4v) is 10.6. The molecule has 0 saturated heterocycles. The number of hydrogen-bond acceptors (Lipinski definition) is 1. The van der Waals surface area contributed by atoms with Gasteiger partial charge in [0.15, 0.2) is 0 Å². The van der Waals surface area contributed by atoms with E-state index in [9.17, 15) is 0 Å². The van der Waals surface area contributed by atoms with Gasteiger partial charge in [-0.15, -0.1) is 0 Å². The molecule has 0 atom stereocenters. The van der Waals surface area contributed by atoms with Gasteiger partial charge in [0.2, 0.25) is 0 Å². The van der Waals surface area contributed by atoms with Crippen LogP contribution in [-0.4, -0.2) is 5.71 Å². The van der Waals surface area contributed by atoms with Crippen LogP contribution in [0.1, 0.15) is 51.8 Å². The molecule has 0 bridgehead atoms. The van der Waals surface area contributed by atoms with Crippen LogP contribution in [0, 0.1) is 0 Å². The molecule has 0 amide bonds. The van der Waals surface area contributed by atoms with Crippen LogP contribution in [0.25, 0.3) is 65.8 Å². The summed E-state index contributed by atoms with van der Waals surface area (Å²) in [5.74, 6) is 0. The molecule has 1 heterocycles. The van der Waals surface area contributed by atoms with Gasteiger partial charge in [-0.2, -0.15) is 0 Å². The fraction of sp³-hybridized carbons (Fsp3) is 0.0484. The lowest BCUT2D eigenvalue weighted by Crippen LogP contribution is -2.28. The van der Waals surface area contributed by atoms with Crippen LogP contribution in [-0.2, 0) is 5.41 Å². The van der Waals surface area contributed by atoms with Gasteiger partial charge in [0.1, 0.15) is 0 Å². The van der Waals surface area contributed by atoms with Crippen LogP contribution in [0.5, 0.6) is 0 Å². The summed E-state index contributed by atoms with van der Waals surface area (Å²) >= 11 is 0. The summed E-state index contributed by atoms with van der Waals surface area (Å²) in [6.45, 7) is 0. The molecule has 12 rings (SSSR count). The maximum atomic E-state index is 5.54. The van der Waals surface area contributed by atoms with Crippen LogP contribution in [0.4, 0.5) is 0 Å². The highest BCUT2D eigenvalue weighted by Gasteiger charge is 2.46. The zero-order valence-electron chi connectivity index (χ0n) is 34.9. The van der Waals surface area contributed by atoms with Crippen molar-refractivity contribution in [3.8, 4) is 22.3 Å². The van der Waals surface area contributed by atoms with E-state index in [0.29, 0.717) is 0 Å². The van der Waals surface area contributed by atoms with Gasteiger partial charge in [0, 0.05) is 11.3 Å². The summed E-state index contributed by atoms with van der Waals surface area (Å²) < 4.78 is 0. The number of hydrogen-bond donors (Lipinski definition) is 0. The smallest absolute Gasteiger partial charge is 0.0713 e. The second-order valence-corrected chi connectivity index (χ2v) is 16.8. The van der Waals surface area contributed by atoms with E-state index in [1.54, 1.807) is 0 Å². The van der Waals surface area contributed by atoms with Gasteiger partial charge in [-0.05, 0) is 125 Å². The highest BCUT2D eigenvalue weighted by Crippen LogP contribution is 2.57. The van der Waals surface area contributed by atoms with Gasteiger partial charge in [-0.3, -0.25) is 4.99 Å². The van der Waals surface area contributed by atoms with Crippen molar-refractivity contribution in [3.63, 3.8) is 0 Å². The van der Waals surface area contributed by atoms with E-state index < -0.39 is 5.41 Å². The molecule has 1 heteroatoms. The molecule has 296 valence electrons. The lowest BCUT2D eigenvalue weighted by Gasteiger charge is -2.33. The Morgan fingerprint density at radius 3 is 1.65 bits per heavy atom. The Balaban J connectivity index is 1.08. The molecular weight excluding hydrogens is 759 g/mol. The topological polar surface area (TPSA) is 12.4 Å². The minimum Gasteiger partial charge on any atom is -0.252 e. The third-order valence-electron chi connectivity index (χ3n) is 13.4. The molecule has 0 spiro atoms. The Bertz CT molecular complexity index is 3430. The van der Waals surface area contributed by atoms with Gasteiger partial charge < -0.3 is 0 Å². The summed E-state index contributed by atoms with van der Waals surface area (Å²) in [5, 5.41) is 7.57. The summed E-state index contributed by atoms with van der Waals surface area (Å²) in [4.78, 5) is 5.54. The van der Waals surface area contributed by atoms with Crippen LogP contribution < -0.4 is 0 Å². The minimum absolute atomic E-state index is 0.439. The molecule has 0 saturated carbocycles. The summed E-state index contributed by atoms with van der Waals surface area (Å²) in [6, 6.07) is 82.6. The molecule has 1 aliphatic carbocycles. The van der Waals surface area contributed by atoms with Crippen molar-refractivity contribution in [1.82, 2.24) is 0 Å². The first-order valence-electron chi connectivity index (χ1n) is 22.1.